The highest BCUT2D eigenvalue weighted by Crippen LogP contribution is 2.42. The van der Waals surface area contributed by atoms with Gasteiger partial charge in [-0.3, -0.25) is 0 Å². The maximum absolute atomic E-state index is 12.6. The number of esters is 1. The summed E-state index contributed by atoms with van der Waals surface area (Å²) < 4.78 is 21.1. The van der Waals surface area contributed by atoms with Gasteiger partial charge >= 0.3 is 5.97 Å². The molecule has 0 bridgehead atoms. The number of hydrogen-bond acceptors (Lipinski definition) is 8. The van der Waals surface area contributed by atoms with Crippen LogP contribution < -0.4 is 14.2 Å². The maximum Gasteiger partial charge on any atom is 0.344 e. The Morgan fingerprint density at radius 2 is 1.81 bits per heavy atom. The molecule has 31 heavy (non-hydrogen) atoms. The van der Waals surface area contributed by atoms with Gasteiger partial charge in [0.1, 0.15) is 39.3 Å². The fraction of sp³-hybridized carbons (Fsp3) is 0.217. The fourth-order valence-corrected chi connectivity index (χ4v) is 3.92. The van der Waals surface area contributed by atoms with E-state index in [0.29, 0.717) is 38.4 Å². The number of aliphatic imine (C=N–C) groups is 1. The molecule has 0 aliphatic carbocycles. The van der Waals surface area contributed by atoms with Crippen molar-refractivity contribution in [2.75, 3.05) is 27.9 Å². The third kappa shape index (κ3) is 4.86. The first-order valence-electron chi connectivity index (χ1n) is 9.46. The van der Waals surface area contributed by atoms with Gasteiger partial charge in [-0.1, -0.05) is 23.9 Å². The molecule has 1 N–H and O–H groups in total. The molecule has 0 saturated carbocycles. The van der Waals surface area contributed by atoms with Gasteiger partial charge < -0.3 is 24.1 Å². The lowest BCUT2D eigenvalue weighted by Crippen LogP contribution is -2.12. The maximum atomic E-state index is 12.6. The van der Waals surface area contributed by atoms with Gasteiger partial charge in [0.15, 0.2) is 0 Å². The number of aliphatic hydroxyl groups excluding tert-OH is 1. The van der Waals surface area contributed by atoms with Gasteiger partial charge in [-0.05, 0) is 37.3 Å². The lowest BCUT2D eigenvalue weighted by Gasteiger charge is -2.08. The van der Waals surface area contributed by atoms with Gasteiger partial charge in [-0.2, -0.15) is 0 Å². The minimum absolute atomic E-state index is 0.0106. The standard InChI is InChI=1S/C23H23NO6S/c1-5-30-23(26)20-21(25)19(12-14-10-11-15(27-2)13-18(14)29-4)31-22(20)24-16-8-6-7-9-17(16)28-3/h6-13,25H,5H2,1-4H3. The molecular formula is C23H23NO6S. The molecule has 0 radical (unpaired) electrons. The molecule has 3 rings (SSSR count). The Morgan fingerprint density at radius 1 is 1.06 bits per heavy atom. The topological polar surface area (TPSA) is 86.6 Å². The average Bonchev–Trinajstić information content (AvgIpc) is 3.09. The van der Waals surface area contributed by atoms with Gasteiger partial charge in [-0.15, -0.1) is 0 Å². The first-order chi connectivity index (χ1) is 15.0. The van der Waals surface area contributed by atoms with Crippen LogP contribution in [0.1, 0.15) is 12.5 Å². The zero-order valence-electron chi connectivity index (χ0n) is 17.7. The number of thioether (sulfide) groups is 1. The van der Waals surface area contributed by atoms with E-state index in [-0.39, 0.29) is 17.9 Å². The number of nitrogens with zero attached hydrogens (tertiary/aromatic N) is 1. The predicted molar refractivity (Wildman–Crippen MR) is 121 cm³/mol. The SMILES string of the molecule is CCOC(=O)C1=C(O)C(=Cc2ccc(OC)cc2OC)SC1=Nc1ccccc1OC. The number of para-hydroxylation sites is 2. The summed E-state index contributed by atoms with van der Waals surface area (Å²) >= 11 is 1.16. The van der Waals surface area contributed by atoms with Crippen LogP contribution in [0.25, 0.3) is 6.08 Å². The third-order valence-corrected chi connectivity index (χ3v) is 5.42. The van der Waals surface area contributed by atoms with Crippen LogP contribution in [0, 0.1) is 0 Å². The molecule has 2 aromatic rings. The Kier molecular flexibility index (Phi) is 7.25. The van der Waals surface area contributed by atoms with Crippen LogP contribution in [-0.2, 0) is 9.53 Å². The second kappa shape index (κ2) is 10.1. The van der Waals surface area contributed by atoms with Crippen molar-refractivity contribution in [1.29, 1.82) is 0 Å². The third-order valence-electron chi connectivity index (χ3n) is 4.40. The highest BCUT2D eigenvalue weighted by molar-refractivity contribution is 8.18. The van der Waals surface area contributed by atoms with Crippen LogP contribution >= 0.6 is 11.8 Å². The smallest absolute Gasteiger partial charge is 0.344 e. The molecule has 0 amide bonds. The summed E-state index contributed by atoms with van der Waals surface area (Å²) in [7, 11) is 4.66. The van der Waals surface area contributed by atoms with Gasteiger partial charge in [-0.25, -0.2) is 9.79 Å². The Hall–Kier alpha value is -3.39. The zero-order valence-corrected chi connectivity index (χ0v) is 18.5. The van der Waals surface area contributed by atoms with E-state index < -0.39 is 5.97 Å². The van der Waals surface area contributed by atoms with E-state index in [1.165, 1.54) is 0 Å². The van der Waals surface area contributed by atoms with Crippen molar-refractivity contribution in [3.63, 3.8) is 0 Å². The quantitative estimate of drug-likeness (QED) is 0.611. The molecule has 1 heterocycles. The summed E-state index contributed by atoms with van der Waals surface area (Å²) in [5.74, 6) is 0.908. The predicted octanol–water partition coefficient (Wildman–Crippen LogP) is 4.91. The Balaban J connectivity index is 2.09. The molecule has 0 saturated heterocycles. The number of rotatable bonds is 7. The van der Waals surface area contributed by atoms with E-state index in [0.717, 1.165) is 11.8 Å². The molecule has 7 nitrogen and oxygen atoms in total. The monoisotopic (exact) mass is 441 g/mol. The van der Waals surface area contributed by atoms with Gasteiger partial charge in [0, 0.05) is 11.6 Å². The highest BCUT2D eigenvalue weighted by atomic mass is 32.2. The zero-order chi connectivity index (χ0) is 22.4. The van der Waals surface area contributed by atoms with Crippen LogP contribution in [0.5, 0.6) is 17.2 Å². The van der Waals surface area contributed by atoms with Crippen molar-refractivity contribution < 1.29 is 28.8 Å². The first kappa shape index (κ1) is 22.3. The van der Waals surface area contributed by atoms with Crippen molar-refractivity contribution in [1.82, 2.24) is 0 Å². The Labute approximate surface area is 185 Å². The number of aliphatic hydroxyl groups is 1. The largest absolute Gasteiger partial charge is 0.506 e. The number of benzene rings is 2. The Morgan fingerprint density at radius 3 is 2.48 bits per heavy atom. The van der Waals surface area contributed by atoms with Crippen LogP contribution in [-0.4, -0.2) is 44.1 Å². The van der Waals surface area contributed by atoms with Crippen LogP contribution in [0.4, 0.5) is 5.69 Å². The number of carbonyl (C=O) groups is 1. The van der Waals surface area contributed by atoms with Crippen molar-refractivity contribution in [3.05, 3.63) is 64.3 Å². The van der Waals surface area contributed by atoms with E-state index in [9.17, 15) is 9.90 Å². The molecule has 0 atom stereocenters. The van der Waals surface area contributed by atoms with Crippen LogP contribution in [0.15, 0.2) is 63.7 Å². The molecule has 0 unspecified atom stereocenters. The number of methoxy groups -OCH3 is 3. The summed E-state index contributed by atoms with van der Waals surface area (Å²) in [5.41, 5.74) is 1.25. The molecule has 0 spiro atoms. The molecule has 1 aliphatic rings. The van der Waals surface area contributed by atoms with Gasteiger partial charge in [0.05, 0.1) is 32.8 Å². The first-order valence-corrected chi connectivity index (χ1v) is 10.3. The van der Waals surface area contributed by atoms with Crippen molar-refractivity contribution in [3.8, 4) is 17.2 Å². The Bertz CT molecular complexity index is 1070. The summed E-state index contributed by atoms with van der Waals surface area (Å²) in [6.07, 6.45) is 1.72. The van der Waals surface area contributed by atoms with Gasteiger partial charge in [0.2, 0.25) is 0 Å². The van der Waals surface area contributed by atoms with Crippen LogP contribution in [0.3, 0.4) is 0 Å². The minimum atomic E-state index is -0.647. The summed E-state index contributed by atoms with van der Waals surface area (Å²) in [6, 6.07) is 12.5. The van der Waals surface area contributed by atoms with Crippen molar-refractivity contribution in [2.24, 2.45) is 4.99 Å². The van der Waals surface area contributed by atoms with Crippen LogP contribution in [0.2, 0.25) is 0 Å². The van der Waals surface area contributed by atoms with E-state index in [4.69, 9.17) is 18.9 Å². The second-order valence-electron chi connectivity index (χ2n) is 6.25. The van der Waals surface area contributed by atoms with E-state index >= 15 is 0 Å². The summed E-state index contributed by atoms with van der Waals surface area (Å²) in [5, 5.41) is 11.2. The lowest BCUT2D eigenvalue weighted by molar-refractivity contribution is -0.138. The highest BCUT2D eigenvalue weighted by Gasteiger charge is 2.33. The average molecular weight is 442 g/mol. The number of ether oxygens (including phenoxy) is 4. The molecule has 0 aromatic heterocycles. The summed E-state index contributed by atoms with van der Waals surface area (Å²) in [6.45, 7) is 1.88. The second-order valence-corrected chi connectivity index (χ2v) is 7.28. The van der Waals surface area contributed by atoms with E-state index in [1.54, 1.807) is 64.7 Å². The van der Waals surface area contributed by atoms with E-state index in [2.05, 4.69) is 4.99 Å². The molecule has 2 aromatic carbocycles. The molecular weight excluding hydrogens is 418 g/mol. The van der Waals surface area contributed by atoms with E-state index in [1.807, 2.05) is 12.1 Å². The molecule has 8 heteroatoms. The normalized spacial score (nSPS) is 16.0. The molecule has 1 aliphatic heterocycles. The fourth-order valence-electron chi connectivity index (χ4n) is 2.90. The summed E-state index contributed by atoms with van der Waals surface area (Å²) in [4.78, 5) is 17.6. The number of hydrogen-bond donors (Lipinski definition) is 1. The molecule has 162 valence electrons. The van der Waals surface area contributed by atoms with Crippen molar-refractivity contribution >= 4 is 34.5 Å². The lowest BCUT2D eigenvalue weighted by atomic mass is 10.1. The molecule has 0 fully saturated rings. The minimum Gasteiger partial charge on any atom is -0.506 e. The van der Waals surface area contributed by atoms with Crippen molar-refractivity contribution in [2.45, 2.75) is 6.92 Å². The number of carbonyl (C=O) groups excluding carboxylic acids is 1. The van der Waals surface area contributed by atoms with Gasteiger partial charge in [0.25, 0.3) is 0 Å².